The Morgan fingerprint density at radius 2 is 2.00 bits per heavy atom. The topological polar surface area (TPSA) is 67.1 Å². The molecule has 0 bridgehead atoms. The monoisotopic (exact) mass is 344 g/mol. The Balaban J connectivity index is 1.63. The summed E-state index contributed by atoms with van der Waals surface area (Å²) in [6.07, 6.45) is 4.62. The summed E-state index contributed by atoms with van der Waals surface area (Å²) in [5, 5.41) is 15.2. The number of rotatable bonds is 5. The van der Waals surface area contributed by atoms with Gasteiger partial charge in [-0.05, 0) is 37.5 Å². The van der Waals surface area contributed by atoms with E-state index in [1.54, 1.807) is 12.1 Å². The molecule has 0 atom stereocenters. The normalized spacial score (nSPS) is 14.7. The number of nitrogens with zero attached hydrogens (tertiary/aromatic N) is 4. The Bertz CT molecular complexity index is 707. The molecule has 2 heterocycles. The highest BCUT2D eigenvalue weighted by Gasteiger charge is 2.14. The molecule has 0 saturated carbocycles. The van der Waals surface area contributed by atoms with Crippen molar-refractivity contribution in [1.82, 2.24) is 25.4 Å². The van der Waals surface area contributed by atoms with Gasteiger partial charge in [0.25, 0.3) is 0 Å². The van der Waals surface area contributed by atoms with Crippen molar-refractivity contribution in [2.24, 2.45) is 4.99 Å². The molecule has 3 rings (SSSR count). The number of hydrogen-bond acceptors (Lipinski definition) is 3. The molecule has 7 heteroatoms. The Kier molecular flexibility index (Phi) is 5.98. The van der Waals surface area contributed by atoms with E-state index in [0.29, 0.717) is 13.1 Å². The quantitative estimate of drug-likeness (QED) is 0.646. The molecule has 2 aromatic rings. The zero-order valence-electron chi connectivity index (χ0n) is 14.6. The van der Waals surface area contributed by atoms with E-state index in [2.05, 4.69) is 30.4 Å². The van der Waals surface area contributed by atoms with Crippen molar-refractivity contribution in [2.45, 2.75) is 52.2 Å². The average molecular weight is 344 g/mol. The summed E-state index contributed by atoms with van der Waals surface area (Å²) in [5.74, 6) is 2.52. The fourth-order valence-corrected chi connectivity index (χ4v) is 2.94. The maximum absolute atomic E-state index is 13.0. The zero-order chi connectivity index (χ0) is 17.5. The number of aryl methyl sites for hydroxylation is 1. The third kappa shape index (κ3) is 4.78. The van der Waals surface area contributed by atoms with Gasteiger partial charge in [-0.25, -0.2) is 9.38 Å². The Morgan fingerprint density at radius 1 is 1.16 bits per heavy atom. The van der Waals surface area contributed by atoms with E-state index < -0.39 is 0 Å². The lowest BCUT2D eigenvalue weighted by Crippen LogP contribution is -2.37. The zero-order valence-corrected chi connectivity index (χ0v) is 14.6. The first-order valence-electron chi connectivity index (χ1n) is 8.94. The van der Waals surface area contributed by atoms with Gasteiger partial charge in [0.05, 0.1) is 13.1 Å². The van der Waals surface area contributed by atoms with Crippen molar-refractivity contribution in [3.63, 3.8) is 0 Å². The van der Waals surface area contributed by atoms with Crippen LogP contribution in [0.4, 0.5) is 4.39 Å². The molecule has 0 spiro atoms. The molecule has 0 radical (unpaired) electrons. The van der Waals surface area contributed by atoms with Crippen molar-refractivity contribution in [1.29, 1.82) is 0 Å². The predicted octanol–water partition coefficient (Wildman–Crippen LogP) is 2.40. The van der Waals surface area contributed by atoms with Crippen LogP contribution in [0, 0.1) is 5.82 Å². The maximum atomic E-state index is 13.0. The fourth-order valence-electron chi connectivity index (χ4n) is 2.94. The van der Waals surface area contributed by atoms with E-state index in [9.17, 15) is 4.39 Å². The molecule has 1 aromatic heterocycles. The summed E-state index contributed by atoms with van der Waals surface area (Å²) >= 11 is 0. The van der Waals surface area contributed by atoms with Gasteiger partial charge < -0.3 is 15.2 Å². The molecule has 25 heavy (non-hydrogen) atoms. The molecular formula is C18H25FN6. The lowest BCUT2D eigenvalue weighted by atomic mass is 10.2. The van der Waals surface area contributed by atoms with Gasteiger partial charge in [-0.2, -0.15) is 0 Å². The summed E-state index contributed by atoms with van der Waals surface area (Å²) in [7, 11) is 0. The molecule has 1 aromatic carbocycles. The van der Waals surface area contributed by atoms with Gasteiger partial charge in [0.2, 0.25) is 0 Å². The Hall–Kier alpha value is -2.44. The van der Waals surface area contributed by atoms with Crippen molar-refractivity contribution < 1.29 is 4.39 Å². The molecule has 134 valence electrons. The van der Waals surface area contributed by atoms with Crippen LogP contribution in [0.2, 0.25) is 0 Å². The molecule has 0 aliphatic carbocycles. The van der Waals surface area contributed by atoms with Crippen molar-refractivity contribution in [3.05, 3.63) is 47.3 Å². The standard InChI is InChI=1S/C18H25FN6/c1-2-20-18(21-12-14-7-9-15(19)10-8-14)22-13-17-24-23-16-6-4-3-5-11-25(16)17/h7-10H,2-6,11-13H2,1H3,(H2,20,21,22). The summed E-state index contributed by atoms with van der Waals surface area (Å²) in [4.78, 5) is 4.56. The highest BCUT2D eigenvalue weighted by atomic mass is 19.1. The van der Waals surface area contributed by atoms with Gasteiger partial charge >= 0.3 is 0 Å². The van der Waals surface area contributed by atoms with Crippen LogP contribution < -0.4 is 10.6 Å². The van der Waals surface area contributed by atoms with Crippen LogP contribution in [-0.2, 0) is 26.1 Å². The van der Waals surface area contributed by atoms with Crippen LogP contribution in [0.25, 0.3) is 0 Å². The summed E-state index contributed by atoms with van der Waals surface area (Å²) in [6.45, 7) is 4.86. The lowest BCUT2D eigenvalue weighted by molar-refractivity contribution is 0.596. The first-order chi connectivity index (χ1) is 12.3. The number of hydrogen-bond donors (Lipinski definition) is 2. The number of fused-ring (bicyclic) bond motifs is 1. The van der Waals surface area contributed by atoms with E-state index in [-0.39, 0.29) is 5.82 Å². The molecule has 0 saturated heterocycles. The van der Waals surface area contributed by atoms with Crippen LogP contribution in [0.1, 0.15) is 43.4 Å². The van der Waals surface area contributed by atoms with Crippen LogP contribution in [-0.4, -0.2) is 27.3 Å². The molecular weight excluding hydrogens is 319 g/mol. The smallest absolute Gasteiger partial charge is 0.191 e. The first-order valence-corrected chi connectivity index (χ1v) is 8.94. The second-order valence-electron chi connectivity index (χ2n) is 6.17. The van der Waals surface area contributed by atoms with Gasteiger partial charge in [0.15, 0.2) is 11.8 Å². The lowest BCUT2D eigenvalue weighted by Gasteiger charge is -2.12. The summed E-state index contributed by atoms with van der Waals surface area (Å²) in [6, 6.07) is 6.41. The Morgan fingerprint density at radius 3 is 2.80 bits per heavy atom. The van der Waals surface area contributed by atoms with Gasteiger partial charge in [0.1, 0.15) is 11.6 Å². The minimum atomic E-state index is -0.231. The average Bonchev–Trinajstić information content (AvgIpc) is 2.85. The molecule has 6 nitrogen and oxygen atoms in total. The van der Waals surface area contributed by atoms with Gasteiger partial charge in [-0.3, -0.25) is 0 Å². The second kappa shape index (κ2) is 8.60. The van der Waals surface area contributed by atoms with Crippen LogP contribution in [0.5, 0.6) is 0 Å². The van der Waals surface area contributed by atoms with Crippen molar-refractivity contribution >= 4 is 5.96 Å². The Labute approximate surface area is 147 Å². The largest absolute Gasteiger partial charge is 0.357 e. The fraction of sp³-hybridized carbons (Fsp3) is 0.500. The summed E-state index contributed by atoms with van der Waals surface area (Å²) < 4.78 is 15.2. The van der Waals surface area contributed by atoms with Crippen LogP contribution in [0.3, 0.4) is 0 Å². The molecule has 0 amide bonds. The van der Waals surface area contributed by atoms with E-state index >= 15 is 0 Å². The van der Waals surface area contributed by atoms with E-state index in [4.69, 9.17) is 0 Å². The van der Waals surface area contributed by atoms with E-state index in [1.807, 2.05) is 6.92 Å². The molecule has 1 aliphatic heterocycles. The molecule has 0 fully saturated rings. The number of benzene rings is 1. The minimum absolute atomic E-state index is 0.231. The van der Waals surface area contributed by atoms with E-state index in [1.165, 1.54) is 31.4 Å². The molecule has 0 unspecified atom stereocenters. The number of aromatic nitrogens is 3. The maximum Gasteiger partial charge on any atom is 0.191 e. The van der Waals surface area contributed by atoms with Gasteiger partial charge in [0, 0.05) is 19.5 Å². The van der Waals surface area contributed by atoms with Crippen molar-refractivity contribution in [2.75, 3.05) is 6.54 Å². The van der Waals surface area contributed by atoms with Crippen LogP contribution in [0.15, 0.2) is 29.3 Å². The predicted molar refractivity (Wildman–Crippen MR) is 95.6 cm³/mol. The number of halogens is 1. The number of aliphatic imine (C=N–C) groups is 1. The first kappa shape index (κ1) is 17.4. The second-order valence-corrected chi connectivity index (χ2v) is 6.17. The van der Waals surface area contributed by atoms with Gasteiger partial charge in [-0.15, -0.1) is 10.2 Å². The highest BCUT2D eigenvalue weighted by Crippen LogP contribution is 2.14. The highest BCUT2D eigenvalue weighted by molar-refractivity contribution is 5.79. The molecule has 1 aliphatic rings. The number of guanidine groups is 1. The van der Waals surface area contributed by atoms with E-state index in [0.717, 1.165) is 42.7 Å². The minimum Gasteiger partial charge on any atom is -0.357 e. The van der Waals surface area contributed by atoms with Crippen molar-refractivity contribution in [3.8, 4) is 0 Å². The SMILES string of the molecule is CCNC(=NCc1ccc(F)cc1)NCc1nnc2n1CCCCC2. The number of nitrogens with one attached hydrogen (secondary N) is 2. The van der Waals surface area contributed by atoms with Crippen LogP contribution >= 0.6 is 0 Å². The third-order valence-electron chi connectivity index (χ3n) is 4.28. The third-order valence-corrected chi connectivity index (χ3v) is 4.28. The molecule has 2 N–H and O–H groups in total. The summed E-state index contributed by atoms with van der Waals surface area (Å²) in [5.41, 5.74) is 0.968. The van der Waals surface area contributed by atoms with Gasteiger partial charge in [-0.1, -0.05) is 18.6 Å².